The Hall–Kier alpha value is -3.67. The van der Waals surface area contributed by atoms with E-state index in [1.807, 2.05) is 58.1 Å². The lowest BCUT2D eigenvalue weighted by molar-refractivity contribution is -0.150. The van der Waals surface area contributed by atoms with E-state index in [2.05, 4.69) is 60.6 Å². The maximum atomic E-state index is 13.0. The molecule has 0 radical (unpaired) electrons. The highest BCUT2D eigenvalue weighted by Crippen LogP contribution is 2.43. The van der Waals surface area contributed by atoms with Crippen LogP contribution in [0.3, 0.4) is 0 Å². The second-order valence-electron chi connectivity index (χ2n) is 18.8. The van der Waals surface area contributed by atoms with Gasteiger partial charge in [0.25, 0.3) is 0 Å². The molecule has 0 spiro atoms. The van der Waals surface area contributed by atoms with Crippen LogP contribution in [0.25, 0.3) is 0 Å². The van der Waals surface area contributed by atoms with Crippen LogP contribution in [-0.4, -0.2) is 29.9 Å². The molecule has 1 unspecified atom stereocenters. The van der Waals surface area contributed by atoms with Gasteiger partial charge in [-0.1, -0.05) is 122 Å². The average molecular weight is 785 g/mol. The number of aryl methyl sites for hydroxylation is 2. The third-order valence-electron chi connectivity index (χ3n) is 12.1. The van der Waals surface area contributed by atoms with Gasteiger partial charge in [-0.25, -0.2) is 0 Å². The summed E-state index contributed by atoms with van der Waals surface area (Å²) in [4.78, 5) is 36.5. The smallest absolute Gasteiger partial charge is 0.311 e. The molecule has 2 aliphatic rings. The standard InChI is InChI=1S/C51H76O6/c1-36(2)16-12-17-37(3)18-13-19-38(4)22-15-30-51(11)32-27-43-35-44(34-41(7)49(43)57-51)55-47(53)25-26-48(54)56-46-28-31-50(9,10)45(42(46)8)24-23-39(5)20-14-21-40(6)29-33-52/h14,20-21,23-24,29,33-38,46H,12-13,15-19,22,25-28,30-32H2,1-11H3/t37-,38-,46?,51-/m1/s1. The number of allylic oxidation sites excluding steroid dienone is 9. The summed E-state index contributed by atoms with van der Waals surface area (Å²) in [5, 5.41) is 0. The highest BCUT2D eigenvalue weighted by molar-refractivity contribution is 5.79. The van der Waals surface area contributed by atoms with Crippen LogP contribution in [0.15, 0.2) is 70.9 Å². The Balaban J connectivity index is 1.46. The first-order valence-electron chi connectivity index (χ1n) is 22.0. The van der Waals surface area contributed by atoms with Crippen molar-refractivity contribution in [3.8, 4) is 11.5 Å². The van der Waals surface area contributed by atoms with E-state index in [4.69, 9.17) is 14.2 Å². The van der Waals surface area contributed by atoms with Gasteiger partial charge in [0.15, 0.2) is 0 Å². The van der Waals surface area contributed by atoms with E-state index < -0.39 is 11.9 Å². The van der Waals surface area contributed by atoms with Crippen LogP contribution in [0, 0.1) is 30.1 Å². The number of rotatable bonds is 22. The predicted molar refractivity (Wildman–Crippen MR) is 236 cm³/mol. The second kappa shape index (κ2) is 23.1. The third kappa shape index (κ3) is 16.6. The van der Waals surface area contributed by atoms with Gasteiger partial charge in [0, 0.05) is 0 Å². The summed E-state index contributed by atoms with van der Waals surface area (Å²) in [5.74, 6) is 2.96. The van der Waals surface area contributed by atoms with Gasteiger partial charge >= 0.3 is 11.9 Å². The first kappa shape index (κ1) is 47.7. The van der Waals surface area contributed by atoms with Gasteiger partial charge in [0.2, 0.25) is 0 Å². The van der Waals surface area contributed by atoms with Crippen LogP contribution in [0.1, 0.15) is 170 Å². The quantitative estimate of drug-likeness (QED) is 0.0383. The zero-order valence-corrected chi connectivity index (χ0v) is 37.6. The molecule has 57 heavy (non-hydrogen) atoms. The topological polar surface area (TPSA) is 78.9 Å². The fourth-order valence-corrected chi connectivity index (χ4v) is 8.32. The van der Waals surface area contributed by atoms with Crippen molar-refractivity contribution in [2.24, 2.45) is 23.2 Å². The van der Waals surface area contributed by atoms with Gasteiger partial charge in [-0.2, -0.15) is 0 Å². The first-order chi connectivity index (χ1) is 26.9. The number of benzene rings is 1. The maximum Gasteiger partial charge on any atom is 0.311 e. The lowest BCUT2D eigenvalue weighted by Gasteiger charge is -2.37. The minimum absolute atomic E-state index is 0.0368. The largest absolute Gasteiger partial charge is 0.487 e. The monoisotopic (exact) mass is 785 g/mol. The van der Waals surface area contributed by atoms with Gasteiger partial charge in [-0.05, 0) is 142 Å². The van der Waals surface area contributed by atoms with E-state index in [0.29, 0.717) is 5.75 Å². The summed E-state index contributed by atoms with van der Waals surface area (Å²) < 4.78 is 18.3. The van der Waals surface area contributed by atoms with E-state index in [1.54, 1.807) is 0 Å². The van der Waals surface area contributed by atoms with Crippen molar-refractivity contribution in [3.05, 3.63) is 82.0 Å². The molecule has 6 heteroatoms. The molecule has 316 valence electrons. The number of esters is 2. The zero-order valence-electron chi connectivity index (χ0n) is 37.6. The number of carbonyl (C=O) groups excluding carboxylic acids is 3. The molecule has 0 saturated heterocycles. The maximum absolute atomic E-state index is 13.0. The lowest BCUT2D eigenvalue weighted by Crippen LogP contribution is -2.36. The van der Waals surface area contributed by atoms with Gasteiger partial charge in [-0.3, -0.25) is 14.4 Å². The summed E-state index contributed by atoms with van der Waals surface area (Å²) in [6.45, 7) is 24.1. The molecule has 0 saturated carbocycles. The van der Waals surface area contributed by atoms with Crippen LogP contribution in [-0.2, 0) is 25.5 Å². The third-order valence-corrected chi connectivity index (χ3v) is 12.1. The van der Waals surface area contributed by atoms with Crippen molar-refractivity contribution in [3.63, 3.8) is 0 Å². The molecule has 1 heterocycles. The summed E-state index contributed by atoms with van der Waals surface area (Å²) in [6.07, 6.45) is 26.8. The summed E-state index contributed by atoms with van der Waals surface area (Å²) in [7, 11) is 0. The second-order valence-corrected chi connectivity index (χ2v) is 18.8. The molecule has 4 atom stereocenters. The Bertz CT molecular complexity index is 1650. The van der Waals surface area contributed by atoms with Gasteiger partial charge in [0.1, 0.15) is 29.5 Å². The number of ether oxygens (including phenoxy) is 3. The molecule has 0 fully saturated rings. The van der Waals surface area contributed by atoms with Crippen molar-refractivity contribution < 1.29 is 28.6 Å². The average Bonchev–Trinajstić information content (AvgIpc) is 3.12. The normalized spacial score (nSPS) is 21.1. The van der Waals surface area contributed by atoms with Crippen LogP contribution in [0.2, 0.25) is 0 Å². The lowest BCUT2D eigenvalue weighted by atomic mass is 9.71. The highest BCUT2D eigenvalue weighted by atomic mass is 16.5. The van der Waals surface area contributed by atoms with E-state index in [1.165, 1.54) is 57.4 Å². The fourth-order valence-electron chi connectivity index (χ4n) is 8.32. The highest BCUT2D eigenvalue weighted by Gasteiger charge is 2.34. The Kier molecular flexibility index (Phi) is 19.3. The molecular weight excluding hydrogens is 709 g/mol. The van der Waals surface area contributed by atoms with Gasteiger partial charge < -0.3 is 14.2 Å². The van der Waals surface area contributed by atoms with E-state index in [0.717, 1.165) is 95.3 Å². The molecule has 1 aromatic rings. The fraction of sp³-hybridized carbons (Fsp3) is 0.627. The zero-order chi connectivity index (χ0) is 42.2. The molecule has 6 nitrogen and oxygen atoms in total. The molecule has 0 amide bonds. The molecule has 0 aromatic heterocycles. The number of aldehydes is 1. The molecular formula is C51H76O6. The predicted octanol–water partition coefficient (Wildman–Crippen LogP) is 13.5. The number of hydrogen-bond donors (Lipinski definition) is 0. The number of hydrogen-bond acceptors (Lipinski definition) is 6. The first-order valence-corrected chi connectivity index (χ1v) is 22.0. The summed E-state index contributed by atoms with van der Waals surface area (Å²) in [6, 6.07) is 3.80. The van der Waals surface area contributed by atoms with Gasteiger partial charge in [0.05, 0.1) is 12.8 Å². The van der Waals surface area contributed by atoms with Crippen molar-refractivity contribution in [2.45, 2.75) is 184 Å². The van der Waals surface area contributed by atoms with Crippen molar-refractivity contribution in [1.82, 2.24) is 0 Å². The summed E-state index contributed by atoms with van der Waals surface area (Å²) in [5.41, 5.74) is 5.92. The number of carbonyl (C=O) groups is 3. The van der Waals surface area contributed by atoms with Gasteiger partial charge in [-0.15, -0.1) is 0 Å². The van der Waals surface area contributed by atoms with Crippen molar-refractivity contribution in [2.75, 3.05) is 0 Å². The number of fused-ring (bicyclic) bond motifs is 1. The van der Waals surface area contributed by atoms with E-state index in [-0.39, 0.29) is 30.0 Å². The Morgan fingerprint density at radius 2 is 1.47 bits per heavy atom. The minimum atomic E-state index is -0.448. The van der Waals surface area contributed by atoms with Crippen LogP contribution in [0.5, 0.6) is 11.5 Å². The summed E-state index contributed by atoms with van der Waals surface area (Å²) >= 11 is 0. The Morgan fingerprint density at radius 1 is 0.842 bits per heavy atom. The molecule has 1 aromatic carbocycles. The van der Waals surface area contributed by atoms with E-state index in [9.17, 15) is 14.4 Å². The molecule has 3 rings (SSSR count). The van der Waals surface area contributed by atoms with Crippen LogP contribution in [0.4, 0.5) is 0 Å². The molecule has 0 N–H and O–H groups in total. The molecule has 1 aliphatic carbocycles. The van der Waals surface area contributed by atoms with Crippen molar-refractivity contribution >= 4 is 18.2 Å². The molecule has 0 bridgehead atoms. The van der Waals surface area contributed by atoms with E-state index >= 15 is 0 Å². The molecule has 1 aliphatic heterocycles. The van der Waals surface area contributed by atoms with Crippen molar-refractivity contribution in [1.29, 1.82) is 0 Å². The van der Waals surface area contributed by atoms with Crippen LogP contribution < -0.4 is 9.47 Å². The van der Waals surface area contributed by atoms with Crippen LogP contribution >= 0.6 is 0 Å². The Morgan fingerprint density at radius 3 is 2.14 bits per heavy atom. The minimum Gasteiger partial charge on any atom is -0.487 e. The SMILES string of the molecule is CC(C=CC=C(C)C=CC1=C(C)C(OC(=O)CCC(=O)Oc2cc(C)c3c(c2)CC[C@@](C)(CCC[C@H](C)CCC[C@H](C)CCCC(C)C)O3)CCC1(C)C)=CC=O. The Labute approximate surface area is 346 Å².